The quantitative estimate of drug-likeness (QED) is 0.357. The highest BCUT2D eigenvalue weighted by molar-refractivity contribution is 7.92. The van der Waals surface area contributed by atoms with E-state index in [4.69, 9.17) is 10.5 Å². The highest BCUT2D eigenvalue weighted by atomic mass is 32.2. The molecule has 0 radical (unpaired) electrons. The van der Waals surface area contributed by atoms with Crippen LogP contribution in [-0.4, -0.2) is 39.4 Å². The second-order valence-corrected chi connectivity index (χ2v) is 8.37. The lowest BCUT2D eigenvalue weighted by Crippen LogP contribution is -2.20. The van der Waals surface area contributed by atoms with E-state index in [1.165, 1.54) is 20.2 Å². The molecule has 0 saturated heterocycles. The maximum Gasteiger partial charge on any atom is 0.261 e. The number of sulfonamides is 1. The van der Waals surface area contributed by atoms with E-state index in [1.807, 2.05) is 4.72 Å². The van der Waals surface area contributed by atoms with Crippen LogP contribution in [0.25, 0.3) is 0 Å². The fraction of sp³-hybridized carbons (Fsp3) is 0.0952. The molecule has 0 saturated carbocycles. The first kappa shape index (κ1) is 24.5. The van der Waals surface area contributed by atoms with E-state index in [-0.39, 0.29) is 27.9 Å². The van der Waals surface area contributed by atoms with Crippen LogP contribution in [0.4, 0.5) is 30.4 Å². The highest BCUT2D eigenvalue weighted by Crippen LogP contribution is 2.26. The van der Waals surface area contributed by atoms with Crippen molar-refractivity contribution in [2.45, 2.75) is 4.90 Å². The first-order chi connectivity index (χ1) is 16.1. The van der Waals surface area contributed by atoms with Crippen molar-refractivity contribution in [3.8, 4) is 0 Å². The van der Waals surface area contributed by atoms with Crippen molar-refractivity contribution in [1.82, 2.24) is 4.98 Å². The Kier molecular flexibility index (Phi) is 7.05. The molecule has 0 bridgehead atoms. The highest BCUT2D eigenvalue weighted by Gasteiger charge is 2.24. The van der Waals surface area contributed by atoms with E-state index in [1.54, 1.807) is 0 Å². The molecule has 178 valence electrons. The molecule has 13 heteroatoms. The van der Waals surface area contributed by atoms with Gasteiger partial charge in [0.15, 0.2) is 5.82 Å². The van der Waals surface area contributed by atoms with Crippen molar-refractivity contribution in [2.24, 2.45) is 4.99 Å². The van der Waals surface area contributed by atoms with Gasteiger partial charge in [0.05, 0.1) is 35.1 Å². The normalized spacial score (nSPS) is 11.7. The Labute approximate surface area is 192 Å². The van der Waals surface area contributed by atoms with Gasteiger partial charge in [-0.2, -0.15) is 0 Å². The maximum absolute atomic E-state index is 15.0. The Balaban J connectivity index is 1.92. The molecule has 1 amide bonds. The van der Waals surface area contributed by atoms with Crippen molar-refractivity contribution in [1.29, 1.82) is 0 Å². The molecule has 0 fully saturated rings. The van der Waals surface area contributed by atoms with Gasteiger partial charge in [-0.3, -0.25) is 14.5 Å². The number of amides is 1. The predicted molar refractivity (Wildman–Crippen MR) is 120 cm³/mol. The molecule has 0 aliphatic heterocycles. The number of methoxy groups -OCH3 is 1. The predicted octanol–water partition coefficient (Wildman–Crippen LogP) is 3.16. The number of rotatable bonds is 6. The van der Waals surface area contributed by atoms with Gasteiger partial charge < -0.3 is 15.8 Å². The number of pyridine rings is 1. The number of ether oxygens (including phenoxy) is 1. The first-order valence-electron chi connectivity index (χ1n) is 9.41. The molecule has 4 N–H and O–H groups in total. The van der Waals surface area contributed by atoms with Crippen molar-refractivity contribution < 1.29 is 31.1 Å². The van der Waals surface area contributed by atoms with E-state index in [0.29, 0.717) is 0 Å². The fourth-order valence-electron chi connectivity index (χ4n) is 2.89. The molecular weight excluding hydrogens is 475 g/mol. The van der Waals surface area contributed by atoms with Crippen LogP contribution in [0, 0.1) is 17.5 Å². The monoisotopic (exact) mass is 493 g/mol. The lowest BCUT2D eigenvalue weighted by molar-refractivity contribution is 0.101. The number of aliphatic imine (C=N–C) groups is 1. The van der Waals surface area contributed by atoms with Crippen LogP contribution in [0.2, 0.25) is 0 Å². The summed E-state index contributed by atoms with van der Waals surface area (Å²) in [6.07, 6.45) is 1.15. The molecule has 3 aromatic rings. The zero-order chi connectivity index (χ0) is 25.0. The molecule has 0 unspecified atom stereocenters. The van der Waals surface area contributed by atoms with E-state index < -0.39 is 44.6 Å². The minimum Gasteiger partial charge on any atom is -0.481 e. The standard InChI is InChI=1S/C21H18F3N5O4S/c1-26-21(33-2)14-9-12(10-27-19(14)25)28-20(30)17-15(23)7-8-16(18(17)24)29-34(31,32)13-5-3-11(22)4-6-13/h3-10,29H,1-2H3,(H2,25,27)(H,28,30). The zero-order valence-electron chi connectivity index (χ0n) is 17.8. The third-order valence-electron chi connectivity index (χ3n) is 4.49. The van der Waals surface area contributed by atoms with Gasteiger partial charge in [0.25, 0.3) is 15.9 Å². The Morgan fingerprint density at radius 3 is 2.41 bits per heavy atom. The molecule has 34 heavy (non-hydrogen) atoms. The van der Waals surface area contributed by atoms with Gasteiger partial charge in [-0.05, 0) is 42.5 Å². The Morgan fingerprint density at radius 1 is 1.12 bits per heavy atom. The number of nitrogen functional groups attached to an aromatic ring is 1. The number of anilines is 3. The van der Waals surface area contributed by atoms with Gasteiger partial charge in [-0.15, -0.1) is 0 Å². The summed E-state index contributed by atoms with van der Waals surface area (Å²) >= 11 is 0. The van der Waals surface area contributed by atoms with E-state index in [0.717, 1.165) is 42.6 Å². The molecule has 0 atom stereocenters. The van der Waals surface area contributed by atoms with Crippen LogP contribution in [-0.2, 0) is 14.8 Å². The molecule has 0 aliphatic carbocycles. The van der Waals surface area contributed by atoms with E-state index >= 15 is 4.39 Å². The number of benzene rings is 2. The van der Waals surface area contributed by atoms with Crippen LogP contribution in [0.1, 0.15) is 15.9 Å². The molecule has 1 aromatic heterocycles. The van der Waals surface area contributed by atoms with Crippen LogP contribution in [0.15, 0.2) is 58.5 Å². The summed E-state index contributed by atoms with van der Waals surface area (Å²) in [5.74, 6) is -4.45. The molecule has 0 aliphatic rings. The summed E-state index contributed by atoms with van der Waals surface area (Å²) in [6, 6.07) is 6.61. The van der Waals surface area contributed by atoms with Crippen molar-refractivity contribution in [3.63, 3.8) is 0 Å². The van der Waals surface area contributed by atoms with E-state index in [2.05, 4.69) is 15.3 Å². The lowest BCUT2D eigenvalue weighted by Gasteiger charge is -2.13. The third kappa shape index (κ3) is 5.09. The number of hydrogen-bond donors (Lipinski definition) is 3. The van der Waals surface area contributed by atoms with Gasteiger partial charge >= 0.3 is 0 Å². The fourth-order valence-corrected chi connectivity index (χ4v) is 3.95. The van der Waals surface area contributed by atoms with Crippen molar-refractivity contribution in [3.05, 3.63) is 77.2 Å². The SMILES string of the molecule is CN=C(OC)c1cc(NC(=O)c2c(F)ccc(NS(=O)(=O)c3ccc(F)cc3)c2F)cnc1N. The Morgan fingerprint density at radius 2 is 1.79 bits per heavy atom. The van der Waals surface area contributed by atoms with Crippen molar-refractivity contribution in [2.75, 3.05) is 29.9 Å². The summed E-state index contributed by atoms with van der Waals surface area (Å²) in [5.41, 5.74) is 4.28. The topological polar surface area (TPSA) is 136 Å². The van der Waals surface area contributed by atoms with Gasteiger partial charge in [-0.1, -0.05) is 0 Å². The number of hydrogen-bond acceptors (Lipinski definition) is 7. The number of nitrogens with zero attached hydrogens (tertiary/aromatic N) is 2. The number of carbonyl (C=O) groups excluding carboxylic acids is 1. The lowest BCUT2D eigenvalue weighted by atomic mass is 10.1. The second kappa shape index (κ2) is 9.79. The second-order valence-electron chi connectivity index (χ2n) is 6.69. The summed E-state index contributed by atoms with van der Waals surface area (Å²) in [7, 11) is -1.57. The summed E-state index contributed by atoms with van der Waals surface area (Å²) in [6.45, 7) is 0. The van der Waals surface area contributed by atoms with Gasteiger partial charge in [0, 0.05) is 7.05 Å². The number of nitrogens with one attached hydrogen (secondary N) is 2. The summed E-state index contributed by atoms with van der Waals surface area (Å²) < 4.78 is 74.4. The zero-order valence-corrected chi connectivity index (χ0v) is 18.6. The number of carbonyl (C=O) groups is 1. The molecule has 9 nitrogen and oxygen atoms in total. The molecule has 3 rings (SSSR count). The van der Waals surface area contributed by atoms with Crippen LogP contribution < -0.4 is 15.8 Å². The van der Waals surface area contributed by atoms with Gasteiger partial charge in [-0.25, -0.2) is 26.6 Å². The van der Waals surface area contributed by atoms with Crippen LogP contribution in [0.3, 0.4) is 0 Å². The maximum atomic E-state index is 15.0. The molecule has 2 aromatic carbocycles. The number of aromatic nitrogens is 1. The third-order valence-corrected chi connectivity index (χ3v) is 5.87. The Hall–Kier alpha value is -4.13. The smallest absolute Gasteiger partial charge is 0.261 e. The largest absolute Gasteiger partial charge is 0.481 e. The molecular formula is C21H18F3N5O4S. The van der Waals surface area contributed by atoms with Crippen LogP contribution >= 0.6 is 0 Å². The first-order valence-corrected chi connectivity index (χ1v) is 10.9. The van der Waals surface area contributed by atoms with Gasteiger partial charge in [0.2, 0.25) is 5.90 Å². The summed E-state index contributed by atoms with van der Waals surface area (Å²) in [4.78, 5) is 20.1. The van der Waals surface area contributed by atoms with Crippen LogP contribution in [0.5, 0.6) is 0 Å². The average Bonchev–Trinajstić information content (AvgIpc) is 2.79. The number of halogens is 3. The van der Waals surface area contributed by atoms with E-state index in [9.17, 15) is 22.0 Å². The minimum atomic E-state index is -4.35. The summed E-state index contributed by atoms with van der Waals surface area (Å²) in [5, 5.41) is 2.27. The molecule has 0 spiro atoms. The average molecular weight is 493 g/mol. The minimum absolute atomic E-state index is 0.0171. The Bertz CT molecular complexity index is 1380. The number of nitrogens with two attached hydrogens (primary N) is 1. The van der Waals surface area contributed by atoms with Crippen molar-refractivity contribution >= 4 is 39.0 Å². The van der Waals surface area contributed by atoms with Gasteiger partial charge in [0.1, 0.15) is 23.0 Å². The molecule has 1 heterocycles.